The van der Waals surface area contributed by atoms with Gasteiger partial charge < -0.3 is 15.5 Å². The maximum Gasteiger partial charge on any atom is 0.319 e. The highest BCUT2D eigenvalue weighted by molar-refractivity contribution is 7.89. The molecule has 1 aliphatic heterocycles. The number of likely N-dealkylation sites (tertiary alicyclic amines) is 1. The largest absolute Gasteiger partial charge is 0.341 e. The number of primary sulfonamides is 1. The number of benzene rings is 1. The Labute approximate surface area is 128 Å². The third-order valence-electron chi connectivity index (χ3n) is 3.30. The Morgan fingerprint density at radius 2 is 1.73 bits per heavy atom. The number of anilines is 1. The van der Waals surface area contributed by atoms with Gasteiger partial charge in [-0.05, 0) is 37.1 Å². The average molecular weight is 326 g/mol. The van der Waals surface area contributed by atoms with Crippen molar-refractivity contribution in [2.45, 2.75) is 17.7 Å². The minimum atomic E-state index is -3.76. The Morgan fingerprint density at radius 3 is 2.27 bits per heavy atom. The van der Waals surface area contributed by atoms with Crippen LogP contribution in [0.3, 0.4) is 0 Å². The Kier molecular flexibility index (Phi) is 4.99. The van der Waals surface area contributed by atoms with Gasteiger partial charge in [-0.3, -0.25) is 4.79 Å². The monoisotopic (exact) mass is 326 g/mol. The van der Waals surface area contributed by atoms with Gasteiger partial charge in [-0.2, -0.15) is 0 Å². The zero-order valence-electron chi connectivity index (χ0n) is 11.9. The van der Waals surface area contributed by atoms with Crippen molar-refractivity contribution in [2.24, 2.45) is 5.14 Å². The first-order chi connectivity index (χ1) is 10.4. The molecule has 1 saturated heterocycles. The normalized spacial score (nSPS) is 14.7. The van der Waals surface area contributed by atoms with Crippen molar-refractivity contribution >= 4 is 27.6 Å². The van der Waals surface area contributed by atoms with Crippen molar-refractivity contribution in [3.05, 3.63) is 24.3 Å². The van der Waals surface area contributed by atoms with Crippen molar-refractivity contribution in [3.8, 4) is 0 Å². The molecule has 22 heavy (non-hydrogen) atoms. The summed E-state index contributed by atoms with van der Waals surface area (Å²) in [6.45, 7) is 1.40. The fourth-order valence-corrected chi connectivity index (χ4v) is 2.65. The van der Waals surface area contributed by atoms with Crippen LogP contribution in [0.1, 0.15) is 12.8 Å². The summed E-state index contributed by atoms with van der Waals surface area (Å²) in [5, 5.41) is 9.96. The minimum absolute atomic E-state index is 0.0392. The number of sulfonamides is 1. The van der Waals surface area contributed by atoms with Crippen LogP contribution in [0.4, 0.5) is 10.5 Å². The van der Waals surface area contributed by atoms with Crippen LogP contribution in [0.5, 0.6) is 0 Å². The Balaban J connectivity index is 1.83. The molecule has 0 spiro atoms. The fourth-order valence-electron chi connectivity index (χ4n) is 2.14. The molecule has 1 aliphatic rings. The highest BCUT2D eigenvalue weighted by atomic mass is 32.2. The molecule has 8 nitrogen and oxygen atoms in total. The van der Waals surface area contributed by atoms with Crippen molar-refractivity contribution in [3.63, 3.8) is 0 Å². The Hall–Kier alpha value is -2.13. The van der Waals surface area contributed by atoms with Gasteiger partial charge in [0.15, 0.2) is 0 Å². The van der Waals surface area contributed by atoms with Gasteiger partial charge in [0.1, 0.15) is 0 Å². The molecule has 0 atom stereocenters. The number of nitrogens with two attached hydrogens (primary N) is 1. The predicted octanol–water partition coefficient (Wildman–Crippen LogP) is 0.0779. The van der Waals surface area contributed by atoms with E-state index in [0.29, 0.717) is 5.69 Å². The van der Waals surface area contributed by atoms with Gasteiger partial charge >= 0.3 is 6.03 Å². The summed E-state index contributed by atoms with van der Waals surface area (Å²) in [6.07, 6.45) is 1.99. The second-order valence-electron chi connectivity index (χ2n) is 4.96. The van der Waals surface area contributed by atoms with Crippen molar-refractivity contribution in [1.29, 1.82) is 0 Å². The quantitative estimate of drug-likeness (QED) is 0.725. The summed E-state index contributed by atoms with van der Waals surface area (Å²) in [6, 6.07) is 4.89. The van der Waals surface area contributed by atoms with Crippen LogP contribution in [0.25, 0.3) is 0 Å². The maximum absolute atomic E-state index is 11.8. The van der Waals surface area contributed by atoms with Crippen LogP contribution >= 0.6 is 0 Å². The highest BCUT2D eigenvalue weighted by Gasteiger charge is 2.18. The molecule has 0 aliphatic carbocycles. The summed E-state index contributed by atoms with van der Waals surface area (Å²) >= 11 is 0. The first-order valence-electron chi connectivity index (χ1n) is 6.82. The second kappa shape index (κ2) is 6.75. The predicted molar refractivity (Wildman–Crippen MR) is 80.7 cm³/mol. The molecule has 3 amide bonds. The third-order valence-corrected chi connectivity index (χ3v) is 4.23. The van der Waals surface area contributed by atoms with Gasteiger partial charge in [0.2, 0.25) is 15.9 Å². The SMILES string of the molecule is NS(=O)(=O)c1ccc(NC(=O)NCC(=O)N2CCCC2)cc1. The van der Waals surface area contributed by atoms with Crippen LogP contribution in [0.15, 0.2) is 29.2 Å². The molecule has 1 heterocycles. The third kappa shape index (κ3) is 4.43. The molecule has 0 unspecified atom stereocenters. The molecular formula is C13H18N4O4S. The van der Waals surface area contributed by atoms with E-state index in [4.69, 9.17) is 5.14 Å². The summed E-state index contributed by atoms with van der Waals surface area (Å²) in [4.78, 5) is 25.1. The number of nitrogens with one attached hydrogen (secondary N) is 2. The Morgan fingerprint density at radius 1 is 1.14 bits per heavy atom. The van der Waals surface area contributed by atoms with Crippen LogP contribution in [-0.4, -0.2) is 44.9 Å². The van der Waals surface area contributed by atoms with Crippen molar-refractivity contribution in [1.82, 2.24) is 10.2 Å². The zero-order valence-corrected chi connectivity index (χ0v) is 12.7. The highest BCUT2D eigenvalue weighted by Crippen LogP contribution is 2.12. The lowest BCUT2D eigenvalue weighted by atomic mass is 10.3. The minimum Gasteiger partial charge on any atom is -0.341 e. The smallest absolute Gasteiger partial charge is 0.319 e. The van der Waals surface area contributed by atoms with Gasteiger partial charge in [-0.25, -0.2) is 18.4 Å². The van der Waals surface area contributed by atoms with E-state index in [9.17, 15) is 18.0 Å². The zero-order chi connectivity index (χ0) is 16.2. The van der Waals surface area contributed by atoms with E-state index in [0.717, 1.165) is 25.9 Å². The van der Waals surface area contributed by atoms with Crippen LogP contribution < -0.4 is 15.8 Å². The molecule has 9 heteroatoms. The first kappa shape index (κ1) is 16.2. The van der Waals surface area contributed by atoms with E-state index in [1.807, 2.05) is 0 Å². The van der Waals surface area contributed by atoms with Crippen LogP contribution in [0, 0.1) is 0 Å². The van der Waals surface area contributed by atoms with E-state index in [1.165, 1.54) is 24.3 Å². The lowest BCUT2D eigenvalue weighted by Gasteiger charge is -2.15. The standard InChI is InChI=1S/C13H18N4O4S/c14-22(20,21)11-5-3-10(4-6-11)16-13(19)15-9-12(18)17-7-1-2-8-17/h3-6H,1-2,7-9H2,(H2,14,20,21)(H2,15,16,19). The van der Waals surface area contributed by atoms with Gasteiger partial charge in [-0.15, -0.1) is 0 Å². The van der Waals surface area contributed by atoms with E-state index in [2.05, 4.69) is 10.6 Å². The lowest BCUT2D eigenvalue weighted by molar-refractivity contribution is -0.128. The number of carbonyl (C=O) groups excluding carboxylic acids is 2. The van der Waals surface area contributed by atoms with E-state index in [-0.39, 0.29) is 17.3 Å². The summed E-state index contributed by atoms with van der Waals surface area (Å²) in [7, 11) is -3.76. The fraction of sp³-hybridized carbons (Fsp3) is 0.385. The maximum atomic E-state index is 11.8. The Bertz CT molecular complexity index is 651. The number of hydrogen-bond donors (Lipinski definition) is 3. The molecule has 2 rings (SSSR count). The topological polar surface area (TPSA) is 122 Å². The van der Waals surface area contributed by atoms with Gasteiger partial charge in [0.05, 0.1) is 11.4 Å². The number of hydrogen-bond acceptors (Lipinski definition) is 4. The molecule has 120 valence electrons. The van der Waals surface area contributed by atoms with Crippen molar-refractivity contribution in [2.75, 3.05) is 25.0 Å². The summed E-state index contributed by atoms with van der Waals surface area (Å²) in [5.74, 6) is -0.114. The molecule has 0 aromatic heterocycles. The molecule has 4 N–H and O–H groups in total. The van der Waals surface area contributed by atoms with E-state index < -0.39 is 16.1 Å². The number of carbonyl (C=O) groups is 2. The molecule has 1 aromatic rings. The lowest BCUT2D eigenvalue weighted by Crippen LogP contribution is -2.40. The molecule has 0 radical (unpaired) electrons. The number of amides is 3. The second-order valence-corrected chi connectivity index (χ2v) is 6.53. The van der Waals surface area contributed by atoms with Crippen LogP contribution in [0.2, 0.25) is 0 Å². The van der Waals surface area contributed by atoms with Crippen LogP contribution in [-0.2, 0) is 14.8 Å². The first-order valence-corrected chi connectivity index (χ1v) is 8.36. The van der Waals surface area contributed by atoms with Gasteiger partial charge in [0, 0.05) is 18.8 Å². The molecular weight excluding hydrogens is 308 g/mol. The molecule has 0 saturated carbocycles. The van der Waals surface area contributed by atoms with E-state index >= 15 is 0 Å². The van der Waals surface area contributed by atoms with Crippen molar-refractivity contribution < 1.29 is 18.0 Å². The molecule has 1 aromatic carbocycles. The van der Waals surface area contributed by atoms with Gasteiger partial charge in [0.25, 0.3) is 0 Å². The number of rotatable bonds is 4. The average Bonchev–Trinajstić information content (AvgIpc) is 2.98. The number of urea groups is 1. The molecule has 0 bridgehead atoms. The van der Waals surface area contributed by atoms with E-state index in [1.54, 1.807) is 4.90 Å². The van der Waals surface area contributed by atoms with Gasteiger partial charge in [-0.1, -0.05) is 0 Å². The number of nitrogens with zero attached hydrogens (tertiary/aromatic N) is 1. The summed E-state index contributed by atoms with van der Waals surface area (Å²) < 4.78 is 22.2. The molecule has 1 fully saturated rings. The summed E-state index contributed by atoms with van der Waals surface area (Å²) in [5.41, 5.74) is 0.401.